The topological polar surface area (TPSA) is 107 Å². The van der Waals surface area contributed by atoms with Gasteiger partial charge in [-0.3, -0.25) is 4.98 Å². The number of thioether (sulfide) groups is 1. The Morgan fingerprint density at radius 2 is 1.96 bits per heavy atom. The Morgan fingerprint density at radius 1 is 1.12 bits per heavy atom. The van der Waals surface area contributed by atoms with Crippen LogP contribution in [0.15, 0.2) is 42.7 Å². The van der Waals surface area contributed by atoms with E-state index in [2.05, 4.69) is 11.1 Å². The van der Waals surface area contributed by atoms with E-state index in [9.17, 15) is 15.3 Å². The lowest BCUT2D eigenvalue weighted by Gasteiger charge is -2.34. The number of aliphatic hydroxyl groups is 3. The first kappa shape index (κ1) is 16.7. The molecule has 6 nitrogen and oxygen atoms in total. The van der Waals surface area contributed by atoms with Crippen molar-refractivity contribution in [3.63, 3.8) is 0 Å². The summed E-state index contributed by atoms with van der Waals surface area (Å²) in [6, 6.07) is 11.0. The van der Waals surface area contributed by atoms with Crippen LogP contribution in [0.4, 0.5) is 0 Å². The van der Waals surface area contributed by atoms with Gasteiger partial charge in [-0.05, 0) is 23.8 Å². The fraction of sp³-hybridized carbons (Fsp3) is 0.294. The average molecular weight is 344 g/mol. The molecule has 124 valence electrons. The van der Waals surface area contributed by atoms with Gasteiger partial charge in [0.15, 0.2) is 5.44 Å². The number of pyridine rings is 1. The molecule has 0 aliphatic carbocycles. The molecule has 2 heterocycles. The van der Waals surface area contributed by atoms with Crippen molar-refractivity contribution in [2.45, 2.75) is 23.7 Å². The van der Waals surface area contributed by atoms with Crippen molar-refractivity contribution in [1.29, 1.82) is 5.26 Å². The number of aromatic nitrogens is 1. The van der Waals surface area contributed by atoms with E-state index in [1.807, 2.05) is 6.07 Å². The zero-order valence-corrected chi connectivity index (χ0v) is 13.4. The van der Waals surface area contributed by atoms with Crippen molar-refractivity contribution in [1.82, 2.24) is 4.98 Å². The molecule has 0 saturated carbocycles. The Balaban J connectivity index is 1.80. The lowest BCUT2D eigenvalue weighted by atomic mass is 10.1. The Hall–Kier alpha value is -2.11. The van der Waals surface area contributed by atoms with Gasteiger partial charge in [-0.2, -0.15) is 5.26 Å². The van der Waals surface area contributed by atoms with E-state index in [1.54, 1.807) is 30.5 Å². The fourth-order valence-corrected chi connectivity index (χ4v) is 3.55. The van der Waals surface area contributed by atoms with Gasteiger partial charge in [0.1, 0.15) is 18.0 Å². The van der Waals surface area contributed by atoms with Crippen LogP contribution in [0.5, 0.6) is 5.75 Å². The number of hydrogen-bond acceptors (Lipinski definition) is 7. The predicted octanol–water partition coefficient (Wildman–Crippen LogP) is 1.15. The molecule has 0 bridgehead atoms. The van der Waals surface area contributed by atoms with Crippen LogP contribution in [0.25, 0.3) is 11.1 Å². The van der Waals surface area contributed by atoms with Gasteiger partial charge in [0.2, 0.25) is 0 Å². The highest BCUT2D eigenvalue weighted by Gasteiger charge is 2.38. The monoisotopic (exact) mass is 344 g/mol. The van der Waals surface area contributed by atoms with Crippen molar-refractivity contribution in [3.8, 4) is 22.9 Å². The largest absolute Gasteiger partial charge is 0.475 e. The molecule has 1 aliphatic heterocycles. The number of nitrogens with zero attached hydrogens (tertiary/aromatic N) is 2. The molecule has 1 fully saturated rings. The third-order valence-electron chi connectivity index (χ3n) is 3.74. The van der Waals surface area contributed by atoms with Gasteiger partial charge in [-0.1, -0.05) is 12.1 Å². The lowest BCUT2D eigenvalue weighted by Crippen LogP contribution is -2.50. The van der Waals surface area contributed by atoms with E-state index in [0.717, 1.165) is 11.1 Å². The third kappa shape index (κ3) is 3.52. The molecule has 0 amide bonds. The van der Waals surface area contributed by atoms with E-state index in [4.69, 9.17) is 10.00 Å². The zero-order chi connectivity index (χ0) is 17.1. The Bertz CT molecular complexity index is 764. The van der Waals surface area contributed by atoms with Crippen LogP contribution < -0.4 is 4.74 Å². The smallest absolute Gasteiger partial charge is 0.173 e. The summed E-state index contributed by atoms with van der Waals surface area (Å²) in [5.74, 6) is 0.718. The maximum absolute atomic E-state index is 10.0. The molecule has 4 atom stereocenters. The molecule has 24 heavy (non-hydrogen) atoms. The minimum absolute atomic E-state index is 0.278. The van der Waals surface area contributed by atoms with E-state index < -0.39 is 23.7 Å². The predicted molar refractivity (Wildman–Crippen MR) is 89.3 cm³/mol. The van der Waals surface area contributed by atoms with Gasteiger partial charge < -0.3 is 20.1 Å². The summed E-state index contributed by atoms with van der Waals surface area (Å²) < 4.78 is 5.72. The summed E-state index contributed by atoms with van der Waals surface area (Å²) >= 11 is 1.23. The quantitative estimate of drug-likeness (QED) is 0.767. The molecule has 0 unspecified atom stereocenters. The molecule has 0 radical (unpaired) electrons. The van der Waals surface area contributed by atoms with Crippen molar-refractivity contribution in [2.24, 2.45) is 0 Å². The molecule has 1 saturated heterocycles. The Kier molecular flexibility index (Phi) is 5.02. The van der Waals surface area contributed by atoms with Crippen molar-refractivity contribution in [3.05, 3.63) is 48.3 Å². The van der Waals surface area contributed by atoms with Gasteiger partial charge in [-0.15, -0.1) is 11.8 Å². The first-order valence-corrected chi connectivity index (χ1v) is 8.41. The number of rotatable bonds is 3. The maximum Gasteiger partial charge on any atom is 0.173 e. The number of nitriles is 1. The number of hydrogen-bond donors (Lipinski definition) is 3. The standard InChI is InChI=1S/C17H16N2O4S/c18-6-10-2-1-3-11(4-10)12-5-13(8-19-7-12)23-17-16(22)15(21)14(20)9-24-17/h1-5,7-8,14-17,20-22H,9H2/t14-,15+,16-,17+/m1/s1. The van der Waals surface area contributed by atoms with Crippen LogP contribution in [0.1, 0.15) is 5.56 Å². The highest BCUT2D eigenvalue weighted by molar-refractivity contribution is 7.99. The van der Waals surface area contributed by atoms with E-state index >= 15 is 0 Å². The van der Waals surface area contributed by atoms with E-state index in [1.165, 1.54) is 18.0 Å². The van der Waals surface area contributed by atoms with Gasteiger partial charge in [0.05, 0.1) is 23.9 Å². The van der Waals surface area contributed by atoms with E-state index in [-0.39, 0.29) is 5.75 Å². The summed E-state index contributed by atoms with van der Waals surface area (Å²) in [6.45, 7) is 0. The second kappa shape index (κ2) is 7.20. The number of ether oxygens (including phenoxy) is 1. The molecular weight excluding hydrogens is 328 g/mol. The average Bonchev–Trinajstić information content (AvgIpc) is 2.62. The lowest BCUT2D eigenvalue weighted by molar-refractivity contribution is -0.0786. The minimum Gasteiger partial charge on any atom is -0.475 e. The summed E-state index contributed by atoms with van der Waals surface area (Å²) in [7, 11) is 0. The molecule has 1 aromatic carbocycles. The molecule has 3 rings (SSSR count). The fourth-order valence-electron chi connectivity index (χ4n) is 2.43. The molecule has 3 N–H and O–H groups in total. The zero-order valence-electron chi connectivity index (χ0n) is 12.6. The first-order valence-electron chi connectivity index (χ1n) is 7.36. The van der Waals surface area contributed by atoms with E-state index in [0.29, 0.717) is 11.3 Å². The highest BCUT2D eigenvalue weighted by atomic mass is 32.2. The van der Waals surface area contributed by atoms with Crippen molar-refractivity contribution < 1.29 is 20.1 Å². The van der Waals surface area contributed by atoms with Crippen LogP contribution in [-0.2, 0) is 0 Å². The van der Waals surface area contributed by atoms with Gasteiger partial charge in [-0.25, -0.2) is 0 Å². The third-order valence-corrected chi connectivity index (χ3v) is 4.98. The molecule has 1 aromatic heterocycles. The number of benzene rings is 1. The second-order valence-electron chi connectivity index (χ2n) is 5.47. The van der Waals surface area contributed by atoms with Gasteiger partial charge in [0, 0.05) is 17.5 Å². The summed E-state index contributed by atoms with van der Waals surface area (Å²) in [5.41, 5.74) is 1.47. The van der Waals surface area contributed by atoms with Crippen LogP contribution in [0.3, 0.4) is 0 Å². The van der Waals surface area contributed by atoms with Crippen LogP contribution in [0.2, 0.25) is 0 Å². The maximum atomic E-state index is 10.0. The normalized spacial score (nSPS) is 26.6. The molecular formula is C17H16N2O4S. The number of aliphatic hydroxyl groups excluding tert-OH is 3. The first-order chi connectivity index (χ1) is 11.6. The van der Waals surface area contributed by atoms with Crippen LogP contribution in [-0.4, -0.2) is 49.8 Å². The highest BCUT2D eigenvalue weighted by Crippen LogP contribution is 2.30. The van der Waals surface area contributed by atoms with Crippen molar-refractivity contribution >= 4 is 11.8 Å². The Morgan fingerprint density at radius 3 is 2.75 bits per heavy atom. The van der Waals surface area contributed by atoms with Gasteiger partial charge >= 0.3 is 0 Å². The van der Waals surface area contributed by atoms with Crippen LogP contribution >= 0.6 is 11.8 Å². The Labute approximate surface area is 143 Å². The second-order valence-corrected chi connectivity index (χ2v) is 6.60. The summed E-state index contributed by atoms with van der Waals surface area (Å²) in [4.78, 5) is 4.13. The van der Waals surface area contributed by atoms with Gasteiger partial charge in [0.25, 0.3) is 0 Å². The summed E-state index contributed by atoms with van der Waals surface area (Å²) in [6.07, 6.45) is -0.221. The van der Waals surface area contributed by atoms with Crippen LogP contribution in [0, 0.1) is 11.3 Å². The molecule has 7 heteroatoms. The molecule has 2 aromatic rings. The summed E-state index contributed by atoms with van der Waals surface area (Å²) in [5, 5.41) is 38.3. The SMILES string of the molecule is N#Cc1cccc(-c2cncc(O[C@H]3SC[C@@H](O)[C@H](O)[C@H]3O)c2)c1. The minimum atomic E-state index is -1.24. The molecule has 1 aliphatic rings. The van der Waals surface area contributed by atoms with Crippen molar-refractivity contribution in [2.75, 3.05) is 5.75 Å². The molecule has 0 spiro atoms.